The van der Waals surface area contributed by atoms with E-state index < -0.39 is 5.91 Å². The number of aromatic amines is 1. The number of carbonyl (C=O) groups is 1. The number of amides is 1. The molecule has 0 fully saturated rings. The van der Waals surface area contributed by atoms with Crippen LogP contribution in [0.3, 0.4) is 0 Å². The Hall–Kier alpha value is -4.59. The van der Waals surface area contributed by atoms with Gasteiger partial charge < -0.3 is 18.9 Å². The molecule has 0 saturated carbocycles. The van der Waals surface area contributed by atoms with Gasteiger partial charge in [0.25, 0.3) is 5.91 Å². The molecule has 0 aliphatic rings. The summed E-state index contributed by atoms with van der Waals surface area (Å²) in [5.74, 6) is 1.29. The van der Waals surface area contributed by atoms with Gasteiger partial charge in [-0.1, -0.05) is 24.3 Å². The van der Waals surface area contributed by atoms with Gasteiger partial charge in [0.1, 0.15) is 22.9 Å². The summed E-state index contributed by atoms with van der Waals surface area (Å²) in [5, 5.41) is 5.09. The number of carbonyl (C=O) groups excluding carboxylic acids is 1. The SMILES string of the molecule is COc1ccc2o/c(=N/NC(=O)c3ccccc3OC)c(-c3nc4ccccc4[nH]3)cc2c1. The maximum Gasteiger partial charge on any atom is 0.275 e. The van der Waals surface area contributed by atoms with Crippen molar-refractivity contribution in [1.29, 1.82) is 0 Å². The molecule has 0 unspecified atom stereocenters. The van der Waals surface area contributed by atoms with E-state index in [-0.39, 0.29) is 5.55 Å². The topological polar surface area (TPSA) is 102 Å². The van der Waals surface area contributed by atoms with Crippen LogP contribution in [0.4, 0.5) is 0 Å². The van der Waals surface area contributed by atoms with Gasteiger partial charge in [0.05, 0.1) is 36.4 Å². The maximum atomic E-state index is 12.8. The Morgan fingerprint density at radius 3 is 2.64 bits per heavy atom. The lowest BCUT2D eigenvalue weighted by molar-refractivity contribution is 0.0948. The van der Waals surface area contributed by atoms with Crippen LogP contribution < -0.4 is 20.5 Å². The molecule has 1 amide bonds. The molecule has 8 nitrogen and oxygen atoms in total. The lowest BCUT2D eigenvalue weighted by Crippen LogP contribution is -2.22. The maximum absolute atomic E-state index is 12.8. The van der Waals surface area contributed by atoms with Gasteiger partial charge in [0.2, 0.25) is 5.55 Å². The number of benzene rings is 3. The van der Waals surface area contributed by atoms with Crippen molar-refractivity contribution in [2.45, 2.75) is 0 Å². The number of nitrogens with zero attached hydrogens (tertiary/aromatic N) is 2. The fraction of sp³-hybridized carbons (Fsp3) is 0.0800. The zero-order valence-corrected chi connectivity index (χ0v) is 18.0. The van der Waals surface area contributed by atoms with Gasteiger partial charge >= 0.3 is 0 Å². The van der Waals surface area contributed by atoms with Crippen LogP contribution in [0.25, 0.3) is 33.4 Å². The van der Waals surface area contributed by atoms with Gasteiger partial charge in [-0.15, -0.1) is 5.10 Å². The number of hydrogen-bond acceptors (Lipinski definition) is 6. The highest BCUT2D eigenvalue weighted by molar-refractivity contribution is 5.96. The van der Waals surface area contributed by atoms with E-state index in [0.717, 1.165) is 16.4 Å². The Morgan fingerprint density at radius 2 is 1.82 bits per heavy atom. The highest BCUT2D eigenvalue weighted by Gasteiger charge is 2.14. The number of aromatic nitrogens is 2. The number of nitrogens with one attached hydrogen (secondary N) is 2. The van der Waals surface area contributed by atoms with Gasteiger partial charge in [-0.05, 0) is 48.5 Å². The number of methoxy groups -OCH3 is 2. The number of imidazole rings is 1. The monoisotopic (exact) mass is 440 g/mol. The Kier molecular flexibility index (Phi) is 5.24. The molecule has 2 N–H and O–H groups in total. The van der Waals surface area contributed by atoms with Crippen LogP contribution in [0.1, 0.15) is 10.4 Å². The summed E-state index contributed by atoms with van der Waals surface area (Å²) in [6.07, 6.45) is 0. The number of fused-ring (bicyclic) bond motifs is 2. The Morgan fingerprint density at radius 1 is 1.00 bits per heavy atom. The number of para-hydroxylation sites is 3. The fourth-order valence-corrected chi connectivity index (χ4v) is 3.56. The van der Waals surface area contributed by atoms with Gasteiger partial charge in [-0.2, -0.15) is 0 Å². The van der Waals surface area contributed by atoms with E-state index in [4.69, 9.17) is 13.9 Å². The molecule has 0 aliphatic heterocycles. The molecule has 2 aromatic heterocycles. The molecule has 164 valence electrons. The smallest absolute Gasteiger partial charge is 0.275 e. The van der Waals surface area contributed by atoms with Crippen LogP contribution in [0.15, 0.2) is 82.3 Å². The molecule has 0 bridgehead atoms. The first kappa shape index (κ1) is 20.3. The summed E-state index contributed by atoms with van der Waals surface area (Å²) < 4.78 is 16.7. The van der Waals surface area contributed by atoms with Gasteiger partial charge in [-0.25, -0.2) is 10.4 Å². The van der Waals surface area contributed by atoms with Gasteiger partial charge in [-0.3, -0.25) is 4.79 Å². The van der Waals surface area contributed by atoms with Crippen LogP contribution in [0, 0.1) is 0 Å². The number of hydrogen-bond donors (Lipinski definition) is 2. The minimum atomic E-state index is -0.423. The Labute approximate surface area is 188 Å². The van der Waals surface area contributed by atoms with Crippen molar-refractivity contribution in [2.24, 2.45) is 5.10 Å². The van der Waals surface area contributed by atoms with E-state index in [1.165, 1.54) is 7.11 Å². The minimum absolute atomic E-state index is 0.204. The molecule has 3 aromatic carbocycles. The molecule has 0 saturated heterocycles. The van der Waals surface area contributed by atoms with Crippen LogP contribution in [-0.4, -0.2) is 30.1 Å². The van der Waals surface area contributed by atoms with E-state index in [2.05, 4.69) is 20.5 Å². The quantitative estimate of drug-likeness (QED) is 0.398. The van der Waals surface area contributed by atoms with Crippen molar-refractivity contribution < 1.29 is 18.7 Å². The zero-order valence-electron chi connectivity index (χ0n) is 18.0. The van der Waals surface area contributed by atoms with Crippen molar-refractivity contribution in [1.82, 2.24) is 15.4 Å². The standard InChI is InChI=1S/C25H20N4O4/c1-31-16-11-12-21-15(13-16)14-18(23-26-19-8-4-5-9-20(19)27-23)25(33-21)29-28-24(30)17-7-3-6-10-22(17)32-2/h3-14H,1-2H3,(H,26,27)(H,28,30)/b29-25+. The number of ether oxygens (including phenoxy) is 2. The second kappa shape index (κ2) is 8.51. The molecule has 5 aromatic rings. The minimum Gasteiger partial charge on any atom is -0.497 e. The molecule has 8 heteroatoms. The van der Waals surface area contributed by atoms with Crippen molar-refractivity contribution in [3.63, 3.8) is 0 Å². The first-order chi connectivity index (χ1) is 16.2. The van der Waals surface area contributed by atoms with Gasteiger partial charge in [0, 0.05) is 5.39 Å². The van der Waals surface area contributed by atoms with E-state index in [0.29, 0.717) is 34.0 Å². The molecule has 5 rings (SSSR count). The average Bonchev–Trinajstić information content (AvgIpc) is 3.30. The molecule has 33 heavy (non-hydrogen) atoms. The van der Waals surface area contributed by atoms with Crippen LogP contribution in [-0.2, 0) is 0 Å². The highest BCUT2D eigenvalue weighted by atomic mass is 16.5. The van der Waals surface area contributed by atoms with Crippen molar-refractivity contribution >= 4 is 27.9 Å². The lowest BCUT2D eigenvalue weighted by atomic mass is 10.1. The van der Waals surface area contributed by atoms with E-state index >= 15 is 0 Å². The Balaban J connectivity index is 1.64. The number of H-pyrrole nitrogens is 1. The van der Waals surface area contributed by atoms with Crippen LogP contribution >= 0.6 is 0 Å². The first-order valence-electron chi connectivity index (χ1n) is 10.2. The van der Waals surface area contributed by atoms with Crippen molar-refractivity contribution in [3.8, 4) is 22.9 Å². The van der Waals surface area contributed by atoms with Crippen LogP contribution in [0.2, 0.25) is 0 Å². The summed E-state index contributed by atoms with van der Waals surface area (Å²) in [4.78, 5) is 20.7. The van der Waals surface area contributed by atoms with E-state index in [1.807, 2.05) is 36.4 Å². The van der Waals surface area contributed by atoms with Crippen LogP contribution in [0.5, 0.6) is 11.5 Å². The highest BCUT2D eigenvalue weighted by Crippen LogP contribution is 2.25. The fourth-order valence-electron chi connectivity index (χ4n) is 3.56. The molecule has 0 atom stereocenters. The van der Waals surface area contributed by atoms with Crippen molar-refractivity contribution in [2.75, 3.05) is 14.2 Å². The van der Waals surface area contributed by atoms with Gasteiger partial charge in [0.15, 0.2) is 0 Å². The second-order valence-electron chi connectivity index (χ2n) is 7.22. The predicted molar refractivity (Wildman–Crippen MR) is 124 cm³/mol. The summed E-state index contributed by atoms with van der Waals surface area (Å²) in [5.41, 5.74) is 5.99. The first-order valence-corrected chi connectivity index (χ1v) is 10.2. The molecular weight excluding hydrogens is 420 g/mol. The van der Waals surface area contributed by atoms with Crippen molar-refractivity contribution in [3.05, 3.63) is 83.9 Å². The summed E-state index contributed by atoms with van der Waals surface area (Å²) >= 11 is 0. The lowest BCUT2D eigenvalue weighted by Gasteiger charge is -2.07. The summed E-state index contributed by atoms with van der Waals surface area (Å²) in [6.45, 7) is 0. The molecule has 0 radical (unpaired) electrons. The summed E-state index contributed by atoms with van der Waals surface area (Å²) in [6, 6.07) is 22.0. The largest absolute Gasteiger partial charge is 0.497 e. The zero-order chi connectivity index (χ0) is 22.8. The predicted octanol–water partition coefficient (Wildman–Crippen LogP) is 4.24. The van der Waals surface area contributed by atoms with E-state index in [1.54, 1.807) is 43.5 Å². The van der Waals surface area contributed by atoms with E-state index in [9.17, 15) is 4.79 Å². The number of rotatable bonds is 5. The second-order valence-corrected chi connectivity index (χ2v) is 7.22. The molecule has 0 aliphatic carbocycles. The third kappa shape index (κ3) is 3.89. The molecule has 0 spiro atoms. The third-order valence-corrected chi connectivity index (χ3v) is 5.21. The third-order valence-electron chi connectivity index (χ3n) is 5.21. The Bertz CT molecular complexity index is 1520. The molecular formula is C25H20N4O4. The summed E-state index contributed by atoms with van der Waals surface area (Å²) in [7, 11) is 3.12. The molecule has 2 heterocycles. The normalized spacial score (nSPS) is 11.6. The average molecular weight is 440 g/mol.